The molecular weight excluding hydrogens is 224 g/mol. The number of nitrogens with two attached hydrogens (primary N) is 1. The highest BCUT2D eigenvalue weighted by Gasteiger charge is 2.22. The van der Waals surface area contributed by atoms with Crippen molar-refractivity contribution in [1.82, 2.24) is 9.97 Å². The maximum Gasteiger partial charge on any atom is 0.149 e. The fourth-order valence-electron chi connectivity index (χ4n) is 2.18. The van der Waals surface area contributed by atoms with Crippen molar-refractivity contribution in [3.05, 3.63) is 17.5 Å². The minimum atomic E-state index is 0.370. The molecule has 0 spiro atoms. The third-order valence-electron chi connectivity index (χ3n) is 3.24. The lowest BCUT2D eigenvalue weighted by Crippen LogP contribution is -2.39. The molecule has 1 heterocycles. The number of hydrogen-bond acceptors (Lipinski definition) is 4. The molecule has 1 aromatic heterocycles. The van der Waals surface area contributed by atoms with E-state index in [1.165, 1.54) is 0 Å². The Labute approximate surface area is 101 Å². The zero-order chi connectivity index (χ0) is 11.5. The van der Waals surface area contributed by atoms with Crippen LogP contribution >= 0.6 is 11.6 Å². The molecule has 0 aliphatic heterocycles. The largest absolute Gasteiger partial charge is 0.355 e. The van der Waals surface area contributed by atoms with Gasteiger partial charge in [-0.25, -0.2) is 4.98 Å². The van der Waals surface area contributed by atoms with E-state index in [4.69, 9.17) is 17.3 Å². The Hall–Kier alpha value is -0.870. The number of rotatable bonds is 2. The Kier molecular flexibility index (Phi) is 3.61. The minimum Gasteiger partial charge on any atom is -0.355 e. The van der Waals surface area contributed by atoms with Crippen LogP contribution in [0.2, 0.25) is 5.15 Å². The van der Waals surface area contributed by atoms with Crippen LogP contribution in [-0.2, 0) is 0 Å². The minimum absolute atomic E-state index is 0.370. The van der Waals surface area contributed by atoms with Gasteiger partial charge in [-0.2, -0.15) is 0 Å². The van der Waals surface area contributed by atoms with Gasteiger partial charge in [-0.05, 0) is 25.7 Å². The SMILES string of the molecule is CN(c1cncc(Cl)n1)C1CCC(N)CC1. The zero-order valence-corrected chi connectivity index (χ0v) is 10.2. The summed E-state index contributed by atoms with van der Waals surface area (Å²) < 4.78 is 0. The van der Waals surface area contributed by atoms with E-state index in [1.807, 2.05) is 7.05 Å². The molecule has 0 aromatic carbocycles. The van der Waals surface area contributed by atoms with Crippen molar-refractivity contribution >= 4 is 17.4 Å². The second-order valence-electron chi connectivity index (χ2n) is 4.38. The first-order valence-electron chi connectivity index (χ1n) is 5.63. The van der Waals surface area contributed by atoms with Gasteiger partial charge in [0.25, 0.3) is 0 Å². The lowest BCUT2D eigenvalue weighted by Gasteiger charge is -2.34. The molecule has 2 N–H and O–H groups in total. The molecule has 1 aromatic rings. The molecule has 5 heteroatoms. The summed E-state index contributed by atoms with van der Waals surface area (Å²) in [6.45, 7) is 0. The highest BCUT2D eigenvalue weighted by molar-refractivity contribution is 6.29. The predicted molar refractivity (Wildman–Crippen MR) is 65.7 cm³/mol. The summed E-state index contributed by atoms with van der Waals surface area (Å²) in [5.74, 6) is 0.841. The standard InChI is InChI=1S/C11H17ClN4/c1-16(9-4-2-8(13)3-5-9)11-7-14-6-10(12)15-11/h6-9H,2-5,13H2,1H3. The molecule has 4 nitrogen and oxygen atoms in total. The number of nitrogens with zero attached hydrogens (tertiary/aromatic N) is 3. The summed E-state index contributed by atoms with van der Waals surface area (Å²) in [6, 6.07) is 0.877. The zero-order valence-electron chi connectivity index (χ0n) is 9.43. The molecule has 0 radical (unpaired) electrons. The monoisotopic (exact) mass is 240 g/mol. The molecule has 1 aliphatic rings. The van der Waals surface area contributed by atoms with Gasteiger partial charge in [0.05, 0.1) is 12.4 Å². The van der Waals surface area contributed by atoms with Crippen LogP contribution in [0.15, 0.2) is 12.4 Å². The van der Waals surface area contributed by atoms with E-state index in [1.54, 1.807) is 12.4 Å². The molecule has 2 rings (SSSR count). The molecule has 1 saturated carbocycles. The first kappa shape index (κ1) is 11.6. The number of halogens is 1. The Morgan fingerprint density at radius 1 is 1.31 bits per heavy atom. The maximum atomic E-state index is 5.89. The molecule has 1 aliphatic carbocycles. The molecule has 16 heavy (non-hydrogen) atoms. The molecule has 0 amide bonds. The Balaban J connectivity index is 2.04. The summed E-state index contributed by atoms with van der Waals surface area (Å²) >= 11 is 5.83. The van der Waals surface area contributed by atoms with Crippen LogP contribution in [-0.4, -0.2) is 29.1 Å². The van der Waals surface area contributed by atoms with Gasteiger partial charge in [0.2, 0.25) is 0 Å². The number of hydrogen-bond donors (Lipinski definition) is 1. The van der Waals surface area contributed by atoms with Crippen LogP contribution in [0.1, 0.15) is 25.7 Å². The summed E-state index contributed by atoms with van der Waals surface area (Å²) in [5, 5.41) is 0.442. The number of anilines is 1. The lowest BCUT2D eigenvalue weighted by molar-refractivity contribution is 0.383. The molecular formula is C11H17ClN4. The fraction of sp³-hybridized carbons (Fsp3) is 0.636. The number of aromatic nitrogens is 2. The van der Waals surface area contributed by atoms with Crippen LogP contribution in [0.4, 0.5) is 5.82 Å². The van der Waals surface area contributed by atoms with E-state index in [9.17, 15) is 0 Å². The van der Waals surface area contributed by atoms with E-state index < -0.39 is 0 Å². The van der Waals surface area contributed by atoms with Crippen LogP contribution in [0, 0.1) is 0 Å². The first-order chi connectivity index (χ1) is 7.66. The smallest absolute Gasteiger partial charge is 0.149 e. The second kappa shape index (κ2) is 4.97. The van der Waals surface area contributed by atoms with Crippen molar-refractivity contribution in [2.24, 2.45) is 5.73 Å². The van der Waals surface area contributed by atoms with Crippen molar-refractivity contribution in [3.8, 4) is 0 Å². The van der Waals surface area contributed by atoms with Gasteiger partial charge < -0.3 is 10.6 Å². The van der Waals surface area contributed by atoms with Crippen LogP contribution < -0.4 is 10.6 Å². The van der Waals surface area contributed by atoms with Crippen LogP contribution in [0.25, 0.3) is 0 Å². The van der Waals surface area contributed by atoms with E-state index in [0.29, 0.717) is 17.2 Å². The van der Waals surface area contributed by atoms with Gasteiger partial charge in [0.15, 0.2) is 0 Å². The van der Waals surface area contributed by atoms with Crippen molar-refractivity contribution in [2.45, 2.75) is 37.8 Å². The molecule has 1 fully saturated rings. The third-order valence-corrected chi connectivity index (χ3v) is 3.42. The average Bonchev–Trinajstić information content (AvgIpc) is 2.29. The van der Waals surface area contributed by atoms with Crippen molar-refractivity contribution in [2.75, 3.05) is 11.9 Å². The Bertz CT molecular complexity index is 350. The van der Waals surface area contributed by atoms with Crippen molar-refractivity contribution < 1.29 is 0 Å². The van der Waals surface area contributed by atoms with E-state index in [0.717, 1.165) is 31.5 Å². The molecule has 88 valence electrons. The van der Waals surface area contributed by atoms with Gasteiger partial charge in [-0.3, -0.25) is 4.98 Å². The molecule has 0 unspecified atom stereocenters. The third kappa shape index (κ3) is 2.62. The average molecular weight is 241 g/mol. The molecule has 0 bridgehead atoms. The highest BCUT2D eigenvalue weighted by atomic mass is 35.5. The molecule has 0 atom stereocenters. The maximum absolute atomic E-state index is 5.89. The normalized spacial score (nSPS) is 25.4. The summed E-state index contributed by atoms with van der Waals surface area (Å²) in [7, 11) is 2.04. The summed E-state index contributed by atoms with van der Waals surface area (Å²) in [5.41, 5.74) is 5.89. The van der Waals surface area contributed by atoms with E-state index in [-0.39, 0.29) is 0 Å². The van der Waals surface area contributed by atoms with Crippen LogP contribution in [0.3, 0.4) is 0 Å². The lowest BCUT2D eigenvalue weighted by atomic mass is 9.91. The van der Waals surface area contributed by atoms with Crippen molar-refractivity contribution in [1.29, 1.82) is 0 Å². The first-order valence-corrected chi connectivity index (χ1v) is 6.00. The fourth-order valence-corrected chi connectivity index (χ4v) is 2.32. The molecule has 0 saturated heterocycles. The summed E-state index contributed by atoms with van der Waals surface area (Å²) in [6.07, 6.45) is 7.71. The predicted octanol–water partition coefficient (Wildman–Crippen LogP) is 1.84. The van der Waals surface area contributed by atoms with Gasteiger partial charge in [0, 0.05) is 19.1 Å². The second-order valence-corrected chi connectivity index (χ2v) is 4.77. The highest BCUT2D eigenvalue weighted by Crippen LogP contribution is 2.24. The van der Waals surface area contributed by atoms with E-state index in [2.05, 4.69) is 14.9 Å². The summed E-state index contributed by atoms with van der Waals surface area (Å²) in [4.78, 5) is 10.5. The van der Waals surface area contributed by atoms with Crippen molar-refractivity contribution in [3.63, 3.8) is 0 Å². The van der Waals surface area contributed by atoms with Gasteiger partial charge >= 0.3 is 0 Å². The Morgan fingerprint density at radius 2 is 2.00 bits per heavy atom. The quantitative estimate of drug-likeness (QED) is 0.857. The Morgan fingerprint density at radius 3 is 2.62 bits per heavy atom. The van der Waals surface area contributed by atoms with Crippen LogP contribution in [0.5, 0.6) is 0 Å². The van der Waals surface area contributed by atoms with Gasteiger partial charge in [-0.15, -0.1) is 0 Å². The topological polar surface area (TPSA) is 55.0 Å². The van der Waals surface area contributed by atoms with E-state index >= 15 is 0 Å². The van der Waals surface area contributed by atoms with Gasteiger partial charge in [0.1, 0.15) is 11.0 Å². The van der Waals surface area contributed by atoms with Gasteiger partial charge in [-0.1, -0.05) is 11.6 Å².